The van der Waals surface area contributed by atoms with Crippen molar-refractivity contribution in [1.82, 2.24) is 0 Å². The molecule has 2 nitrogen and oxygen atoms in total. The molecule has 0 heterocycles. The van der Waals surface area contributed by atoms with Crippen LogP contribution in [-0.4, -0.2) is 13.1 Å². The lowest BCUT2D eigenvalue weighted by atomic mass is 9.86. The van der Waals surface area contributed by atoms with Crippen molar-refractivity contribution < 1.29 is 9.53 Å². The maximum Gasteiger partial charge on any atom is 0.337 e. The first kappa shape index (κ1) is 12.1. The zero-order chi connectivity index (χ0) is 11.6. The van der Waals surface area contributed by atoms with Gasteiger partial charge in [-0.3, -0.25) is 0 Å². The number of ether oxygens (including phenoxy) is 1. The summed E-state index contributed by atoms with van der Waals surface area (Å²) in [5.41, 5.74) is 1.48. The van der Waals surface area contributed by atoms with E-state index in [1.807, 2.05) is 6.07 Å². The molecule has 0 saturated heterocycles. The summed E-state index contributed by atoms with van der Waals surface area (Å²) in [7, 11) is 1.36. The number of hydrogen-bond acceptors (Lipinski definition) is 2. The van der Waals surface area contributed by atoms with Crippen molar-refractivity contribution in [2.75, 3.05) is 7.11 Å². The van der Waals surface area contributed by atoms with Crippen molar-refractivity contribution in [3.63, 3.8) is 0 Å². The van der Waals surface area contributed by atoms with Gasteiger partial charge < -0.3 is 4.74 Å². The van der Waals surface area contributed by atoms with Crippen LogP contribution in [0.3, 0.4) is 0 Å². The molecule has 1 aromatic carbocycles. The summed E-state index contributed by atoms with van der Waals surface area (Å²) < 4.78 is 4.62. The third-order valence-electron chi connectivity index (χ3n) is 2.20. The Balaban J connectivity index is 3.15. The Morgan fingerprint density at radius 1 is 1.33 bits per heavy atom. The first-order valence-electron chi connectivity index (χ1n) is 4.74. The van der Waals surface area contributed by atoms with Crippen molar-refractivity contribution in [3.8, 4) is 0 Å². The van der Waals surface area contributed by atoms with Gasteiger partial charge in [-0.25, -0.2) is 4.79 Å². The summed E-state index contributed by atoms with van der Waals surface area (Å²) in [5.74, 6) is -0.364. The standard InChI is InChI=1S/C12H15ClO2/c1-12(2,3)9-6-5-8(7-10(9)13)11(14)15-4/h5-7H,1-4H3. The van der Waals surface area contributed by atoms with Crippen molar-refractivity contribution in [2.24, 2.45) is 0 Å². The van der Waals surface area contributed by atoms with E-state index in [0.717, 1.165) is 5.56 Å². The molecular weight excluding hydrogens is 212 g/mol. The van der Waals surface area contributed by atoms with Crippen LogP contribution in [0.15, 0.2) is 18.2 Å². The third-order valence-corrected chi connectivity index (χ3v) is 2.51. The van der Waals surface area contributed by atoms with E-state index in [-0.39, 0.29) is 11.4 Å². The number of carbonyl (C=O) groups excluding carboxylic acids is 1. The summed E-state index contributed by atoms with van der Waals surface area (Å²) in [4.78, 5) is 11.2. The van der Waals surface area contributed by atoms with Crippen LogP contribution in [0, 0.1) is 0 Å². The lowest BCUT2D eigenvalue weighted by molar-refractivity contribution is 0.0600. The lowest BCUT2D eigenvalue weighted by Gasteiger charge is -2.20. The number of methoxy groups -OCH3 is 1. The molecule has 0 amide bonds. The minimum absolute atomic E-state index is 0.0221. The van der Waals surface area contributed by atoms with E-state index in [9.17, 15) is 4.79 Å². The van der Waals surface area contributed by atoms with Crippen LogP contribution < -0.4 is 0 Å². The van der Waals surface area contributed by atoms with Crippen LogP contribution in [0.25, 0.3) is 0 Å². The Bertz CT molecular complexity index is 378. The zero-order valence-corrected chi connectivity index (χ0v) is 10.2. The van der Waals surface area contributed by atoms with Gasteiger partial charge in [-0.05, 0) is 23.1 Å². The zero-order valence-electron chi connectivity index (χ0n) is 9.43. The van der Waals surface area contributed by atoms with E-state index in [0.29, 0.717) is 10.6 Å². The van der Waals surface area contributed by atoms with Crippen molar-refractivity contribution in [3.05, 3.63) is 34.3 Å². The molecule has 0 unspecified atom stereocenters. The predicted molar refractivity (Wildman–Crippen MR) is 61.5 cm³/mol. The van der Waals surface area contributed by atoms with Gasteiger partial charge in [-0.1, -0.05) is 38.4 Å². The first-order chi connectivity index (χ1) is 6.86. The monoisotopic (exact) mass is 226 g/mol. The van der Waals surface area contributed by atoms with E-state index >= 15 is 0 Å². The van der Waals surface area contributed by atoms with Crippen LogP contribution in [-0.2, 0) is 10.2 Å². The maximum absolute atomic E-state index is 11.2. The van der Waals surface area contributed by atoms with Crippen molar-refractivity contribution in [2.45, 2.75) is 26.2 Å². The van der Waals surface area contributed by atoms with Crippen LogP contribution in [0.5, 0.6) is 0 Å². The number of esters is 1. The average molecular weight is 227 g/mol. The quantitative estimate of drug-likeness (QED) is 0.686. The van der Waals surface area contributed by atoms with Crippen LogP contribution in [0.4, 0.5) is 0 Å². The SMILES string of the molecule is COC(=O)c1ccc(C(C)(C)C)c(Cl)c1. The number of benzene rings is 1. The molecule has 0 fully saturated rings. The fourth-order valence-corrected chi connectivity index (χ4v) is 1.83. The maximum atomic E-state index is 11.2. The third kappa shape index (κ3) is 2.72. The Morgan fingerprint density at radius 2 is 1.93 bits per heavy atom. The van der Waals surface area contributed by atoms with Crippen molar-refractivity contribution in [1.29, 1.82) is 0 Å². The number of rotatable bonds is 1. The summed E-state index contributed by atoms with van der Waals surface area (Å²) in [6, 6.07) is 5.25. The molecule has 0 atom stereocenters. The van der Waals surface area contributed by atoms with Gasteiger partial charge in [0.1, 0.15) is 0 Å². The highest BCUT2D eigenvalue weighted by Crippen LogP contribution is 2.30. The second-order valence-electron chi connectivity index (χ2n) is 4.44. The molecule has 1 rings (SSSR count). The molecule has 0 N–H and O–H groups in total. The molecule has 0 saturated carbocycles. The minimum atomic E-state index is -0.364. The minimum Gasteiger partial charge on any atom is -0.465 e. The number of halogens is 1. The number of hydrogen-bond donors (Lipinski definition) is 0. The highest BCUT2D eigenvalue weighted by atomic mass is 35.5. The fraction of sp³-hybridized carbons (Fsp3) is 0.417. The Hall–Kier alpha value is -1.02. The van der Waals surface area contributed by atoms with E-state index in [1.165, 1.54) is 7.11 Å². The summed E-state index contributed by atoms with van der Waals surface area (Å²) in [5, 5.41) is 0.602. The van der Waals surface area contributed by atoms with E-state index in [4.69, 9.17) is 11.6 Å². The summed E-state index contributed by atoms with van der Waals surface area (Å²) >= 11 is 6.11. The average Bonchev–Trinajstić information content (AvgIpc) is 2.14. The molecule has 0 bridgehead atoms. The van der Waals surface area contributed by atoms with Gasteiger partial charge in [0.25, 0.3) is 0 Å². The highest BCUT2D eigenvalue weighted by Gasteiger charge is 2.18. The van der Waals surface area contributed by atoms with Gasteiger partial charge in [-0.15, -0.1) is 0 Å². The molecule has 0 aromatic heterocycles. The fourth-order valence-electron chi connectivity index (χ4n) is 1.37. The van der Waals surface area contributed by atoms with Crippen LogP contribution in [0.2, 0.25) is 5.02 Å². The first-order valence-corrected chi connectivity index (χ1v) is 5.12. The van der Waals surface area contributed by atoms with E-state index in [1.54, 1.807) is 12.1 Å². The molecule has 0 radical (unpaired) electrons. The second-order valence-corrected chi connectivity index (χ2v) is 4.84. The summed E-state index contributed by atoms with van der Waals surface area (Å²) in [6.07, 6.45) is 0. The van der Waals surface area contributed by atoms with Crippen LogP contribution >= 0.6 is 11.6 Å². The Labute approximate surface area is 95.2 Å². The van der Waals surface area contributed by atoms with Gasteiger partial charge in [0.15, 0.2) is 0 Å². The Morgan fingerprint density at radius 3 is 2.33 bits per heavy atom. The van der Waals surface area contributed by atoms with Gasteiger partial charge >= 0.3 is 5.97 Å². The molecule has 0 spiro atoms. The molecule has 1 aromatic rings. The van der Waals surface area contributed by atoms with Crippen molar-refractivity contribution >= 4 is 17.6 Å². The molecule has 0 aliphatic rings. The topological polar surface area (TPSA) is 26.3 Å². The normalized spacial score (nSPS) is 11.3. The van der Waals surface area contributed by atoms with Gasteiger partial charge in [0.2, 0.25) is 0 Å². The van der Waals surface area contributed by atoms with E-state index in [2.05, 4.69) is 25.5 Å². The lowest BCUT2D eigenvalue weighted by Crippen LogP contribution is -2.12. The Kier molecular flexibility index (Phi) is 3.40. The van der Waals surface area contributed by atoms with Gasteiger partial charge in [-0.2, -0.15) is 0 Å². The van der Waals surface area contributed by atoms with E-state index < -0.39 is 0 Å². The molecular formula is C12H15ClO2. The van der Waals surface area contributed by atoms with Gasteiger partial charge in [0, 0.05) is 5.02 Å². The smallest absolute Gasteiger partial charge is 0.337 e. The van der Waals surface area contributed by atoms with Gasteiger partial charge in [0.05, 0.1) is 12.7 Å². The molecule has 82 valence electrons. The summed E-state index contributed by atoms with van der Waals surface area (Å²) in [6.45, 7) is 6.23. The number of carbonyl (C=O) groups is 1. The molecule has 15 heavy (non-hydrogen) atoms. The predicted octanol–water partition coefficient (Wildman–Crippen LogP) is 3.42. The molecule has 0 aliphatic heterocycles. The highest BCUT2D eigenvalue weighted by molar-refractivity contribution is 6.31. The second kappa shape index (κ2) is 4.23. The molecule has 0 aliphatic carbocycles. The largest absolute Gasteiger partial charge is 0.465 e. The molecule has 3 heteroatoms. The van der Waals surface area contributed by atoms with Crippen LogP contribution in [0.1, 0.15) is 36.7 Å².